The van der Waals surface area contributed by atoms with Crippen LogP contribution < -0.4 is 20.7 Å². The molecule has 0 saturated carbocycles. The Labute approximate surface area is 172 Å². The van der Waals surface area contributed by atoms with Crippen LogP contribution in [0, 0.1) is 5.92 Å². The zero-order valence-corrected chi connectivity index (χ0v) is 18.1. The average molecular weight is 408 g/mol. The van der Waals surface area contributed by atoms with Crippen LogP contribution in [0.25, 0.3) is 0 Å². The highest BCUT2D eigenvalue weighted by molar-refractivity contribution is 5.96. The fourth-order valence-electron chi connectivity index (χ4n) is 2.60. The number of rotatable bonds is 11. The van der Waals surface area contributed by atoms with Crippen molar-refractivity contribution in [2.75, 3.05) is 19.0 Å². The number of hydrogen-bond donors (Lipinski definition) is 3. The van der Waals surface area contributed by atoms with Crippen LogP contribution in [-0.4, -0.2) is 43.5 Å². The first-order chi connectivity index (χ1) is 13.7. The minimum atomic E-state index is -0.373. The Balaban J connectivity index is 2.66. The van der Waals surface area contributed by atoms with Crippen molar-refractivity contribution in [2.45, 2.75) is 59.7 Å². The van der Waals surface area contributed by atoms with Crippen molar-refractivity contribution in [2.24, 2.45) is 5.92 Å². The zero-order chi connectivity index (χ0) is 22.0. The summed E-state index contributed by atoms with van der Waals surface area (Å²) in [5.41, 5.74) is 1.22. The summed E-state index contributed by atoms with van der Waals surface area (Å²) < 4.78 is 10.4. The third kappa shape index (κ3) is 8.51. The molecule has 0 radical (unpaired) electrons. The maximum absolute atomic E-state index is 12.4. The van der Waals surface area contributed by atoms with Gasteiger partial charge in [0.2, 0.25) is 11.8 Å². The molecule has 2 amide bonds. The molecule has 0 bridgehead atoms. The summed E-state index contributed by atoms with van der Waals surface area (Å²) in [5.74, 6) is -0.340. The minimum absolute atomic E-state index is 0.0925. The summed E-state index contributed by atoms with van der Waals surface area (Å²) in [6, 6.07) is 4.88. The lowest BCUT2D eigenvalue weighted by Gasteiger charge is -2.23. The zero-order valence-electron chi connectivity index (χ0n) is 18.1. The minimum Gasteiger partial charge on any atom is -0.495 e. The van der Waals surface area contributed by atoms with Crippen molar-refractivity contribution in [3.8, 4) is 5.75 Å². The summed E-state index contributed by atoms with van der Waals surface area (Å²) in [7, 11) is 1.49. The maximum Gasteiger partial charge on any atom is 0.305 e. The van der Waals surface area contributed by atoms with Gasteiger partial charge in [0.1, 0.15) is 12.4 Å². The third-order valence-corrected chi connectivity index (χ3v) is 4.11. The molecular weight excluding hydrogens is 374 g/mol. The van der Waals surface area contributed by atoms with E-state index < -0.39 is 0 Å². The molecule has 0 heterocycles. The van der Waals surface area contributed by atoms with Gasteiger partial charge < -0.3 is 25.4 Å². The van der Waals surface area contributed by atoms with Crippen molar-refractivity contribution in [3.63, 3.8) is 0 Å². The number of carbonyl (C=O) groups excluding carboxylic acids is 3. The number of amides is 2. The number of carbonyl (C=O) groups is 3. The fourth-order valence-corrected chi connectivity index (χ4v) is 2.60. The molecule has 0 fully saturated rings. The van der Waals surface area contributed by atoms with Crippen LogP contribution in [0.15, 0.2) is 18.2 Å². The lowest BCUT2D eigenvalue weighted by molar-refractivity contribution is -0.144. The average Bonchev–Trinajstić information content (AvgIpc) is 2.68. The lowest BCUT2D eigenvalue weighted by atomic mass is 10.0. The number of benzene rings is 1. The molecule has 0 aromatic heterocycles. The molecule has 0 aliphatic heterocycles. The first-order valence-corrected chi connectivity index (χ1v) is 9.84. The van der Waals surface area contributed by atoms with Gasteiger partial charge >= 0.3 is 5.97 Å². The van der Waals surface area contributed by atoms with Crippen molar-refractivity contribution in [1.29, 1.82) is 0 Å². The summed E-state index contributed by atoms with van der Waals surface area (Å²) >= 11 is 0. The topological polar surface area (TPSA) is 106 Å². The Bertz CT molecular complexity index is 704. The Morgan fingerprint density at radius 1 is 1.10 bits per heavy atom. The largest absolute Gasteiger partial charge is 0.495 e. The predicted octanol–water partition coefficient (Wildman–Crippen LogP) is 2.23. The maximum atomic E-state index is 12.4. The molecule has 3 N–H and O–H groups in total. The number of ether oxygens (including phenoxy) is 2. The van der Waals surface area contributed by atoms with E-state index in [9.17, 15) is 14.4 Å². The van der Waals surface area contributed by atoms with Gasteiger partial charge in [-0.25, -0.2) is 0 Å². The Kier molecular flexibility index (Phi) is 10.2. The van der Waals surface area contributed by atoms with Crippen LogP contribution in [0.1, 0.15) is 46.6 Å². The number of hydrogen-bond acceptors (Lipinski definition) is 6. The Morgan fingerprint density at radius 2 is 1.79 bits per heavy atom. The van der Waals surface area contributed by atoms with E-state index >= 15 is 0 Å². The Morgan fingerprint density at radius 3 is 2.34 bits per heavy atom. The molecule has 1 aromatic rings. The van der Waals surface area contributed by atoms with Crippen LogP contribution in [-0.2, 0) is 25.7 Å². The van der Waals surface area contributed by atoms with E-state index in [1.165, 1.54) is 7.11 Å². The summed E-state index contributed by atoms with van der Waals surface area (Å²) in [4.78, 5) is 35.9. The van der Waals surface area contributed by atoms with Gasteiger partial charge in [-0.2, -0.15) is 0 Å². The highest BCUT2D eigenvalue weighted by Gasteiger charge is 2.23. The summed E-state index contributed by atoms with van der Waals surface area (Å²) in [6.45, 7) is 9.53. The molecule has 162 valence electrons. The van der Waals surface area contributed by atoms with E-state index in [0.29, 0.717) is 17.9 Å². The number of methoxy groups -OCH3 is 1. The molecule has 8 nitrogen and oxygen atoms in total. The highest BCUT2D eigenvalue weighted by Crippen LogP contribution is 2.26. The second-order valence-corrected chi connectivity index (χ2v) is 7.36. The molecule has 29 heavy (non-hydrogen) atoms. The summed E-state index contributed by atoms with van der Waals surface area (Å²) in [6.07, 6.45) is 0.307. The van der Waals surface area contributed by atoms with Gasteiger partial charge in [0.05, 0.1) is 25.4 Å². The molecule has 0 aliphatic rings. The predicted molar refractivity (Wildman–Crippen MR) is 112 cm³/mol. The monoisotopic (exact) mass is 407 g/mol. The quantitative estimate of drug-likeness (QED) is 0.486. The lowest BCUT2D eigenvalue weighted by Crippen LogP contribution is -2.51. The van der Waals surface area contributed by atoms with E-state index in [-0.39, 0.29) is 48.9 Å². The van der Waals surface area contributed by atoms with Crippen LogP contribution in [0.3, 0.4) is 0 Å². The second kappa shape index (κ2) is 12.1. The van der Waals surface area contributed by atoms with Crippen LogP contribution in [0.2, 0.25) is 0 Å². The number of nitrogens with one attached hydrogen (secondary N) is 3. The molecule has 0 aliphatic carbocycles. The second-order valence-electron chi connectivity index (χ2n) is 7.36. The molecule has 0 saturated heterocycles. The van der Waals surface area contributed by atoms with Gasteiger partial charge in [-0.3, -0.25) is 14.4 Å². The van der Waals surface area contributed by atoms with Gasteiger partial charge in [0, 0.05) is 12.5 Å². The van der Waals surface area contributed by atoms with E-state index in [0.717, 1.165) is 5.56 Å². The molecule has 1 atom stereocenters. The fraction of sp³-hybridized carbons (Fsp3) is 0.571. The van der Waals surface area contributed by atoms with E-state index in [4.69, 9.17) is 9.47 Å². The van der Waals surface area contributed by atoms with Crippen LogP contribution in [0.4, 0.5) is 5.69 Å². The third-order valence-electron chi connectivity index (χ3n) is 4.11. The molecule has 1 unspecified atom stereocenters. The van der Waals surface area contributed by atoms with Crippen molar-refractivity contribution in [3.05, 3.63) is 23.8 Å². The normalized spacial score (nSPS) is 11.9. The number of anilines is 1. The molecule has 8 heteroatoms. The van der Waals surface area contributed by atoms with E-state index in [2.05, 4.69) is 16.0 Å². The molecule has 1 aromatic carbocycles. The summed E-state index contributed by atoms with van der Waals surface area (Å²) in [5, 5.41) is 8.59. The standard InChI is InChI=1S/C21H33N3O5/c1-7-19(26)29-12-15-8-9-16(17(10-15)28-6)24-18(25)11-22-21(27)20(13(2)3)23-14(4)5/h8-10,13-14,20,23H,7,11-12H2,1-6H3,(H,22,27)(H,24,25). The van der Waals surface area contributed by atoms with Crippen LogP contribution in [0.5, 0.6) is 5.75 Å². The highest BCUT2D eigenvalue weighted by atomic mass is 16.5. The smallest absolute Gasteiger partial charge is 0.305 e. The van der Waals surface area contributed by atoms with Crippen molar-refractivity contribution in [1.82, 2.24) is 10.6 Å². The van der Waals surface area contributed by atoms with Gasteiger partial charge in [-0.1, -0.05) is 40.7 Å². The van der Waals surface area contributed by atoms with Gasteiger partial charge in [0.15, 0.2) is 0 Å². The SMILES string of the molecule is CCC(=O)OCc1ccc(NC(=O)CNC(=O)C(NC(C)C)C(C)C)c(OC)c1. The Hall–Kier alpha value is -2.61. The first-order valence-electron chi connectivity index (χ1n) is 9.84. The van der Waals surface area contributed by atoms with E-state index in [1.54, 1.807) is 25.1 Å². The van der Waals surface area contributed by atoms with E-state index in [1.807, 2.05) is 27.7 Å². The molecular formula is C21H33N3O5. The van der Waals surface area contributed by atoms with Gasteiger partial charge in [-0.15, -0.1) is 0 Å². The molecule has 1 rings (SSSR count). The number of esters is 1. The van der Waals surface area contributed by atoms with Crippen molar-refractivity contribution >= 4 is 23.5 Å². The van der Waals surface area contributed by atoms with Crippen LogP contribution >= 0.6 is 0 Å². The van der Waals surface area contributed by atoms with Gasteiger partial charge in [-0.05, 0) is 23.6 Å². The molecule has 0 spiro atoms. The van der Waals surface area contributed by atoms with Gasteiger partial charge in [0.25, 0.3) is 0 Å². The first kappa shape index (κ1) is 24.4. The van der Waals surface area contributed by atoms with Crippen molar-refractivity contribution < 1.29 is 23.9 Å².